The molecule has 0 N–H and O–H groups in total. The predicted molar refractivity (Wildman–Crippen MR) is 133 cm³/mol. The van der Waals surface area contributed by atoms with E-state index in [1.165, 1.54) is 0 Å². The lowest BCUT2D eigenvalue weighted by Gasteiger charge is -2.33. The van der Waals surface area contributed by atoms with Crippen molar-refractivity contribution in [1.29, 1.82) is 0 Å². The Morgan fingerprint density at radius 1 is 1.08 bits per heavy atom. The van der Waals surface area contributed by atoms with Crippen molar-refractivity contribution in [2.45, 2.75) is 45.6 Å². The highest BCUT2D eigenvalue weighted by molar-refractivity contribution is 5.88. The van der Waals surface area contributed by atoms with Crippen molar-refractivity contribution >= 4 is 22.8 Å². The van der Waals surface area contributed by atoms with Crippen LogP contribution < -0.4 is 0 Å². The molecule has 1 amide bonds. The average molecular weight is 486 g/mol. The van der Waals surface area contributed by atoms with E-state index in [1.807, 2.05) is 52.0 Å². The quantitative estimate of drug-likeness (QED) is 0.429. The van der Waals surface area contributed by atoms with Gasteiger partial charge in [0.2, 0.25) is 0 Å². The van der Waals surface area contributed by atoms with E-state index >= 15 is 0 Å². The molecule has 5 rings (SSSR count). The van der Waals surface area contributed by atoms with Crippen LogP contribution in [-0.4, -0.2) is 65.2 Å². The van der Waals surface area contributed by atoms with Crippen molar-refractivity contribution in [1.82, 2.24) is 34.6 Å². The zero-order valence-electron chi connectivity index (χ0n) is 20.7. The van der Waals surface area contributed by atoms with Gasteiger partial charge >= 0.3 is 6.09 Å². The van der Waals surface area contributed by atoms with E-state index in [2.05, 4.69) is 20.1 Å². The maximum absolute atomic E-state index is 12.8. The zero-order valence-corrected chi connectivity index (χ0v) is 20.7. The van der Waals surface area contributed by atoms with E-state index in [9.17, 15) is 9.59 Å². The highest BCUT2D eigenvalue weighted by Crippen LogP contribution is 2.27. The van der Waals surface area contributed by atoms with Gasteiger partial charge in [0.05, 0.1) is 40.9 Å². The molecule has 0 saturated carbocycles. The van der Waals surface area contributed by atoms with Gasteiger partial charge in [-0.2, -0.15) is 5.10 Å². The minimum atomic E-state index is -0.606. The van der Waals surface area contributed by atoms with E-state index in [1.54, 1.807) is 34.4 Å². The fraction of sp³-hybridized carbons (Fsp3) is 0.346. The van der Waals surface area contributed by atoms with Gasteiger partial charge in [0.1, 0.15) is 17.1 Å². The van der Waals surface area contributed by atoms with Crippen LogP contribution in [0.4, 0.5) is 4.79 Å². The number of hydrogen-bond acceptors (Lipinski definition) is 8. The number of amides is 1. The van der Waals surface area contributed by atoms with E-state index in [0.29, 0.717) is 29.4 Å². The Hall–Kier alpha value is -4.21. The number of carbonyl (C=O) groups is 2. The van der Waals surface area contributed by atoms with Crippen molar-refractivity contribution in [2.24, 2.45) is 0 Å². The van der Waals surface area contributed by atoms with Crippen LogP contribution in [0, 0.1) is 6.92 Å². The van der Waals surface area contributed by atoms with Crippen molar-refractivity contribution < 1.29 is 14.3 Å². The standard InChI is InChI=1S/C26H27N7O3/c1-16-11-27-14-21(30-16)20-10-22-17(12-28-20)13-29-33(22)24-7-5-6-19(31-24)18-15-32(9-8-23(18)34)25(35)36-26(2,3)4/h5-7,10-14,18H,8-9,15H2,1-4H3. The molecule has 10 nitrogen and oxygen atoms in total. The number of piperidine rings is 1. The van der Waals surface area contributed by atoms with Crippen molar-refractivity contribution in [3.8, 4) is 17.2 Å². The number of pyridine rings is 2. The summed E-state index contributed by atoms with van der Waals surface area (Å²) in [6.45, 7) is 7.91. The lowest BCUT2D eigenvalue weighted by atomic mass is 9.93. The molecular formula is C26H27N7O3. The number of ketones is 1. The van der Waals surface area contributed by atoms with Gasteiger partial charge in [-0.25, -0.2) is 19.4 Å². The molecule has 5 heterocycles. The van der Waals surface area contributed by atoms with Crippen LogP contribution in [0.2, 0.25) is 0 Å². The van der Waals surface area contributed by atoms with Crippen LogP contribution in [0.5, 0.6) is 0 Å². The van der Waals surface area contributed by atoms with E-state index in [0.717, 1.165) is 16.6 Å². The molecule has 0 aliphatic carbocycles. The van der Waals surface area contributed by atoms with E-state index in [4.69, 9.17) is 9.72 Å². The van der Waals surface area contributed by atoms with E-state index in [-0.39, 0.29) is 18.7 Å². The number of carbonyl (C=O) groups excluding carboxylic acids is 2. The van der Waals surface area contributed by atoms with Gasteiger partial charge in [0.15, 0.2) is 5.82 Å². The lowest BCUT2D eigenvalue weighted by Crippen LogP contribution is -2.45. The number of fused-ring (bicyclic) bond motifs is 1. The summed E-state index contributed by atoms with van der Waals surface area (Å²) in [5, 5.41) is 5.36. The fourth-order valence-corrected chi connectivity index (χ4v) is 4.17. The SMILES string of the molecule is Cc1cncc(-c2cc3c(cn2)cnn3-c2cccc(C3CN(C(=O)OC(C)(C)C)CCC3=O)n2)n1. The molecule has 0 aromatic carbocycles. The summed E-state index contributed by atoms with van der Waals surface area (Å²) in [6, 6.07) is 7.39. The normalized spacial score (nSPS) is 16.4. The first-order chi connectivity index (χ1) is 17.2. The number of nitrogens with zero attached hydrogens (tertiary/aromatic N) is 7. The largest absolute Gasteiger partial charge is 0.444 e. The topological polar surface area (TPSA) is 116 Å². The van der Waals surface area contributed by atoms with Gasteiger partial charge in [-0.1, -0.05) is 6.07 Å². The lowest BCUT2D eigenvalue weighted by molar-refractivity contribution is -0.123. The van der Waals surface area contributed by atoms with Gasteiger partial charge in [-0.05, 0) is 45.9 Å². The van der Waals surface area contributed by atoms with Crippen LogP contribution in [-0.2, 0) is 9.53 Å². The summed E-state index contributed by atoms with van der Waals surface area (Å²) >= 11 is 0. The molecule has 0 spiro atoms. The first-order valence-electron chi connectivity index (χ1n) is 11.8. The van der Waals surface area contributed by atoms with Crippen LogP contribution in [0.3, 0.4) is 0 Å². The molecule has 1 saturated heterocycles. The first kappa shape index (κ1) is 23.5. The monoisotopic (exact) mass is 485 g/mol. The van der Waals surface area contributed by atoms with Crippen molar-refractivity contribution in [3.05, 3.63) is 60.4 Å². The highest BCUT2D eigenvalue weighted by atomic mass is 16.6. The number of aromatic nitrogens is 6. The van der Waals surface area contributed by atoms with Crippen LogP contribution in [0.1, 0.15) is 44.5 Å². The maximum Gasteiger partial charge on any atom is 0.410 e. The fourth-order valence-electron chi connectivity index (χ4n) is 4.17. The molecule has 1 atom stereocenters. The van der Waals surface area contributed by atoms with Gasteiger partial charge in [0, 0.05) is 37.3 Å². The summed E-state index contributed by atoms with van der Waals surface area (Å²) in [5.74, 6) is 0.0827. The van der Waals surface area contributed by atoms with Crippen LogP contribution in [0.15, 0.2) is 49.1 Å². The molecule has 36 heavy (non-hydrogen) atoms. The van der Waals surface area contributed by atoms with E-state index < -0.39 is 17.6 Å². The second-order valence-corrected chi connectivity index (χ2v) is 9.85. The number of ether oxygens (including phenoxy) is 1. The Balaban J connectivity index is 1.46. The second-order valence-electron chi connectivity index (χ2n) is 9.85. The Bertz CT molecular complexity index is 1460. The Labute approximate surface area is 208 Å². The second kappa shape index (κ2) is 9.10. The molecule has 4 aromatic rings. The molecule has 0 bridgehead atoms. The Morgan fingerprint density at radius 3 is 2.69 bits per heavy atom. The molecule has 0 radical (unpaired) electrons. The Morgan fingerprint density at radius 2 is 1.92 bits per heavy atom. The average Bonchev–Trinajstić information content (AvgIpc) is 3.27. The van der Waals surface area contributed by atoms with Crippen LogP contribution >= 0.6 is 0 Å². The highest BCUT2D eigenvalue weighted by Gasteiger charge is 2.34. The third kappa shape index (κ3) is 4.79. The van der Waals surface area contributed by atoms with Crippen molar-refractivity contribution in [2.75, 3.05) is 13.1 Å². The number of aryl methyl sites for hydroxylation is 1. The third-order valence-corrected chi connectivity index (χ3v) is 5.87. The number of likely N-dealkylation sites (tertiary alicyclic amines) is 1. The summed E-state index contributed by atoms with van der Waals surface area (Å²) in [5.41, 5.74) is 2.93. The number of Topliss-reactive ketones (excluding diaryl/α,β-unsaturated/α-hetero) is 1. The molecule has 1 aliphatic heterocycles. The first-order valence-corrected chi connectivity index (χ1v) is 11.8. The number of hydrogen-bond donors (Lipinski definition) is 0. The predicted octanol–water partition coefficient (Wildman–Crippen LogP) is 3.87. The molecule has 1 fully saturated rings. The molecule has 4 aromatic heterocycles. The van der Waals surface area contributed by atoms with Gasteiger partial charge < -0.3 is 9.64 Å². The molecule has 184 valence electrons. The van der Waals surface area contributed by atoms with Gasteiger partial charge in [0.25, 0.3) is 0 Å². The van der Waals surface area contributed by atoms with Crippen molar-refractivity contribution in [3.63, 3.8) is 0 Å². The van der Waals surface area contributed by atoms with Gasteiger partial charge in [-0.3, -0.25) is 14.8 Å². The summed E-state index contributed by atoms with van der Waals surface area (Å²) < 4.78 is 7.22. The minimum Gasteiger partial charge on any atom is -0.444 e. The maximum atomic E-state index is 12.8. The third-order valence-electron chi connectivity index (χ3n) is 5.87. The molecule has 1 unspecified atom stereocenters. The Kier molecular flexibility index (Phi) is 5.95. The number of rotatable bonds is 3. The molecular weight excluding hydrogens is 458 g/mol. The van der Waals surface area contributed by atoms with Crippen LogP contribution in [0.25, 0.3) is 28.1 Å². The zero-order chi connectivity index (χ0) is 25.4. The van der Waals surface area contributed by atoms with Gasteiger partial charge in [-0.15, -0.1) is 0 Å². The molecule has 10 heteroatoms. The summed E-state index contributed by atoms with van der Waals surface area (Å²) in [4.78, 5) is 45.0. The summed E-state index contributed by atoms with van der Waals surface area (Å²) in [7, 11) is 0. The smallest absolute Gasteiger partial charge is 0.410 e. The molecule has 1 aliphatic rings. The summed E-state index contributed by atoms with van der Waals surface area (Å²) in [6.07, 6.45) is 6.66. The minimum absolute atomic E-state index is 0.0503.